The smallest absolute Gasteiger partial charge is 0.347 e. The molecule has 0 radical (unpaired) electrons. The topological polar surface area (TPSA) is 55.4 Å². The molecule has 4 heteroatoms. The molecular weight excluding hydrogens is 314 g/mol. The van der Waals surface area contributed by atoms with Crippen molar-refractivity contribution in [3.8, 4) is 11.3 Å². The Morgan fingerprint density at radius 3 is 2.52 bits per heavy atom. The third-order valence-corrected chi connectivity index (χ3v) is 4.26. The number of nitrogens with one attached hydrogen (secondary N) is 1. The van der Waals surface area contributed by atoms with E-state index in [1.54, 1.807) is 0 Å². The summed E-state index contributed by atoms with van der Waals surface area (Å²) in [5.74, 6) is 0.532. The minimum atomic E-state index is -0.393. The summed E-state index contributed by atoms with van der Waals surface area (Å²) in [7, 11) is 0. The molecule has 2 heterocycles. The summed E-state index contributed by atoms with van der Waals surface area (Å²) in [5.41, 5.74) is 3.46. The fraction of sp³-hybridized carbons (Fsp3) is 0.190. The summed E-state index contributed by atoms with van der Waals surface area (Å²) < 4.78 is 11.4. The predicted molar refractivity (Wildman–Crippen MR) is 101 cm³/mol. The minimum Gasteiger partial charge on any atom is -0.456 e. The van der Waals surface area contributed by atoms with Gasteiger partial charge in [0.2, 0.25) is 0 Å². The molecule has 25 heavy (non-hydrogen) atoms. The van der Waals surface area contributed by atoms with Gasteiger partial charge in [0.25, 0.3) is 0 Å². The highest BCUT2D eigenvalue weighted by molar-refractivity contribution is 5.87. The Morgan fingerprint density at radius 2 is 1.68 bits per heavy atom. The van der Waals surface area contributed by atoms with Crippen LogP contribution in [0.4, 0.5) is 5.69 Å². The summed E-state index contributed by atoms with van der Waals surface area (Å²) in [6, 6.07) is 15.5. The van der Waals surface area contributed by atoms with E-state index in [9.17, 15) is 4.79 Å². The summed E-state index contributed by atoms with van der Waals surface area (Å²) in [6.07, 6.45) is 1.03. The molecule has 0 fully saturated rings. The molecule has 0 bridgehead atoms. The van der Waals surface area contributed by atoms with Gasteiger partial charge in [0.15, 0.2) is 0 Å². The minimum absolute atomic E-state index is 0.393. The van der Waals surface area contributed by atoms with Gasteiger partial charge in [-0.2, -0.15) is 0 Å². The van der Waals surface area contributed by atoms with Crippen LogP contribution in [0.2, 0.25) is 0 Å². The second-order valence-corrected chi connectivity index (χ2v) is 6.28. The van der Waals surface area contributed by atoms with Crippen LogP contribution >= 0.6 is 0 Å². The van der Waals surface area contributed by atoms with Gasteiger partial charge in [-0.3, -0.25) is 0 Å². The number of anilines is 1. The fourth-order valence-electron chi connectivity index (χ4n) is 2.93. The lowest BCUT2D eigenvalue weighted by Crippen LogP contribution is -2.03. The largest absolute Gasteiger partial charge is 0.456 e. The lowest BCUT2D eigenvalue weighted by atomic mass is 10.1. The van der Waals surface area contributed by atoms with Crippen molar-refractivity contribution in [2.75, 3.05) is 11.9 Å². The Labute approximate surface area is 145 Å². The second-order valence-electron chi connectivity index (χ2n) is 6.28. The molecule has 0 aliphatic carbocycles. The Kier molecular flexibility index (Phi) is 3.80. The van der Waals surface area contributed by atoms with Gasteiger partial charge in [-0.15, -0.1) is 0 Å². The lowest BCUT2D eigenvalue weighted by molar-refractivity contribution is 0.556. The average Bonchev–Trinajstić information content (AvgIpc) is 3.01. The molecule has 2 aromatic heterocycles. The molecule has 0 saturated heterocycles. The van der Waals surface area contributed by atoms with Crippen molar-refractivity contribution in [2.45, 2.75) is 20.3 Å². The first-order chi connectivity index (χ1) is 12.1. The van der Waals surface area contributed by atoms with E-state index in [2.05, 4.69) is 12.2 Å². The zero-order chi connectivity index (χ0) is 17.4. The van der Waals surface area contributed by atoms with Crippen LogP contribution in [-0.2, 0) is 0 Å². The first-order valence-electron chi connectivity index (χ1n) is 8.46. The normalized spacial score (nSPS) is 11.3. The van der Waals surface area contributed by atoms with E-state index in [0.29, 0.717) is 16.9 Å². The summed E-state index contributed by atoms with van der Waals surface area (Å²) >= 11 is 0. The van der Waals surface area contributed by atoms with Crippen molar-refractivity contribution in [1.82, 2.24) is 0 Å². The van der Waals surface area contributed by atoms with Gasteiger partial charge in [-0.1, -0.05) is 19.1 Å². The SMILES string of the molecule is CCCNc1ccc2cc(-c3cc4ccc(C)cc4o3)c(=O)oc2c1. The van der Waals surface area contributed by atoms with Crippen LogP contribution < -0.4 is 10.9 Å². The van der Waals surface area contributed by atoms with Crippen LogP contribution in [-0.4, -0.2) is 6.54 Å². The van der Waals surface area contributed by atoms with Crippen LogP contribution in [0.3, 0.4) is 0 Å². The van der Waals surface area contributed by atoms with Crippen LogP contribution in [0, 0.1) is 6.92 Å². The summed E-state index contributed by atoms with van der Waals surface area (Å²) in [6.45, 7) is 5.00. The monoisotopic (exact) mass is 333 g/mol. The van der Waals surface area contributed by atoms with E-state index in [4.69, 9.17) is 8.83 Å². The van der Waals surface area contributed by atoms with Crippen molar-refractivity contribution in [2.24, 2.45) is 0 Å². The standard InChI is InChI=1S/C21H19NO3/c1-3-8-22-16-7-6-14-10-17(21(23)25-19(14)12-16)20-11-15-5-4-13(2)9-18(15)24-20/h4-7,9-12,22H,3,8H2,1-2H3. The summed E-state index contributed by atoms with van der Waals surface area (Å²) in [4.78, 5) is 12.5. The highest BCUT2D eigenvalue weighted by atomic mass is 16.4. The molecule has 2 aromatic carbocycles. The lowest BCUT2D eigenvalue weighted by Gasteiger charge is -2.06. The van der Waals surface area contributed by atoms with Gasteiger partial charge in [-0.25, -0.2) is 4.79 Å². The van der Waals surface area contributed by atoms with E-state index in [1.165, 1.54) is 0 Å². The van der Waals surface area contributed by atoms with E-state index >= 15 is 0 Å². The first-order valence-corrected chi connectivity index (χ1v) is 8.46. The number of benzene rings is 2. The zero-order valence-corrected chi connectivity index (χ0v) is 14.3. The molecule has 0 unspecified atom stereocenters. The van der Waals surface area contributed by atoms with Crippen LogP contribution in [0.15, 0.2) is 62.2 Å². The summed E-state index contributed by atoms with van der Waals surface area (Å²) in [5, 5.41) is 5.13. The molecular formula is C21H19NO3. The van der Waals surface area contributed by atoms with E-state index in [-0.39, 0.29) is 0 Å². The number of fused-ring (bicyclic) bond motifs is 2. The van der Waals surface area contributed by atoms with Gasteiger partial charge in [-0.05, 0) is 49.2 Å². The first kappa shape index (κ1) is 15.5. The molecule has 0 aliphatic rings. The van der Waals surface area contributed by atoms with Crippen molar-refractivity contribution in [3.05, 3.63) is 64.5 Å². The van der Waals surface area contributed by atoms with Crippen molar-refractivity contribution in [1.29, 1.82) is 0 Å². The van der Waals surface area contributed by atoms with Crippen molar-refractivity contribution in [3.63, 3.8) is 0 Å². The molecule has 0 saturated carbocycles. The molecule has 0 amide bonds. The number of aryl methyl sites for hydroxylation is 1. The number of rotatable bonds is 4. The van der Waals surface area contributed by atoms with Crippen LogP contribution in [0.1, 0.15) is 18.9 Å². The Balaban J connectivity index is 1.81. The van der Waals surface area contributed by atoms with Gasteiger partial charge >= 0.3 is 5.63 Å². The molecule has 0 atom stereocenters. The van der Waals surface area contributed by atoms with Gasteiger partial charge in [0.05, 0.1) is 0 Å². The highest BCUT2D eigenvalue weighted by Gasteiger charge is 2.13. The maximum Gasteiger partial charge on any atom is 0.347 e. The third-order valence-electron chi connectivity index (χ3n) is 4.26. The highest BCUT2D eigenvalue weighted by Crippen LogP contribution is 2.29. The molecule has 0 aliphatic heterocycles. The molecule has 1 N–H and O–H groups in total. The molecule has 4 aromatic rings. The Hall–Kier alpha value is -3.01. The number of hydrogen-bond donors (Lipinski definition) is 1. The van der Waals surface area contributed by atoms with Gasteiger partial charge < -0.3 is 14.2 Å². The Bertz CT molecular complexity index is 1120. The van der Waals surface area contributed by atoms with Gasteiger partial charge in [0, 0.05) is 29.1 Å². The zero-order valence-electron chi connectivity index (χ0n) is 14.3. The molecule has 126 valence electrons. The van der Waals surface area contributed by atoms with Crippen molar-refractivity contribution < 1.29 is 8.83 Å². The number of furan rings is 1. The quantitative estimate of drug-likeness (QED) is 0.512. The maximum absolute atomic E-state index is 12.5. The van der Waals surface area contributed by atoms with Crippen LogP contribution in [0.25, 0.3) is 33.3 Å². The number of hydrogen-bond acceptors (Lipinski definition) is 4. The van der Waals surface area contributed by atoms with Crippen LogP contribution in [0.5, 0.6) is 0 Å². The fourth-order valence-corrected chi connectivity index (χ4v) is 2.93. The predicted octanol–water partition coefficient (Wildman–Crippen LogP) is 5.34. The maximum atomic E-state index is 12.5. The Morgan fingerprint density at radius 1 is 0.920 bits per heavy atom. The van der Waals surface area contributed by atoms with E-state index < -0.39 is 5.63 Å². The van der Waals surface area contributed by atoms with E-state index in [1.807, 2.05) is 55.5 Å². The van der Waals surface area contributed by atoms with Crippen molar-refractivity contribution >= 4 is 27.6 Å². The van der Waals surface area contributed by atoms with Gasteiger partial charge in [0.1, 0.15) is 22.5 Å². The molecule has 4 nitrogen and oxygen atoms in total. The third kappa shape index (κ3) is 2.91. The van der Waals surface area contributed by atoms with E-state index in [0.717, 1.165) is 40.6 Å². The second kappa shape index (κ2) is 6.13. The average molecular weight is 333 g/mol. The molecule has 0 spiro atoms. The molecule has 4 rings (SSSR count).